The van der Waals surface area contributed by atoms with Gasteiger partial charge < -0.3 is 5.73 Å². The maximum absolute atomic E-state index is 12.1. The number of anilines is 1. The fourth-order valence-electron chi connectivity index (χ4n) is 2.16. The molecule has 0 fully saturated rings. The molecule has 9 heteroatoms. The van der Waals surface area contributed by atoms with E-state index in [9.17, 15) is 4.79 Å². The molecule has 0 unspecified atom stereocenters. The van der Waals surface area contributed by atoms with E-state index in [2.05, 4.69) is 31.2 Å². The standard InChI is InChI=1S/C13H13BrN4OS.2ClH/c14-8-3-7(5-16-6-8)12(19)18-13-17-10-2-1-9(15)4-11(10)20-13;;/h3,5-6,9H,1-2,4,15H2,(H,17,18,19);2*1H/t9-;;/m0../s1. The number of fused-ring (bicyclic) bond motifs is 1. The molecule has 0 saturated heterocycles. The monoisotopic (exact) mass is 424 g/mol. The fourth-order valence-corrected chi connectivity index (χ4v) is 3.62. The molecule has 1 atom stereocenters. The molecule has 3 N–H and O–H groups in total. The van der Waals surface area contributed by atoms with Gasteiger partial charge >= 0.3 is 0 Å². The maximum Gasteiger partial charge on any atom is 0.259 e. The van der Waals surface area contributed by atoms with Gasteiger partial charge in [0.15, 0.2) is 5.13 Å². The zero-order valence-corrected chi connectivity index (χ0v) is 15.4. The molecule has 2 aromatic rings. The third-order valence-corrected chi connectivity index (χ3v) is 4.63. The average Bonchev–Trinajstić information content (AvgIpc) is 2.80. The van der Waals surface area contributed by atoms with E-state index in [1.807, 2.05) is 0 Å². The Hall–Kier alpha value is -0.730. The van der Waals surface area contributed by atoms with Crippen LogP contribution in [0.2, 0.25) is 0 Å². The van der Waals surface area contributed by atoms with Gasteiger partial charge in [-0.3, -0.25) is 15.1 Å². The van der Waals surface area contributed by atoms with Crippen LogP contribution in [0, 0.1) is 0 Å². The Morgan fingerprint density at radius 2 is 2.18 bits per heavy atom. The summed E-state index contributed by atoms with van der Waals surface area (Å²) in [5, 5.41) is 3.46. The summed E-state index contributed by atoms with van der Waals surface area (Å²) >= 11 is 4.81. The summed E-state index contributed by atoms with van der Waals surface area (Å²) < 4.78 is 0.773. The van der Waals surface area contributed by atoms with E-state index < -0.39 is 0 Å². The van der Waals surface area contributed by atoms with E-state index in [1.54, 1.807) is 12.3 Å². The minimum atomic E-state index is -0.200. The normalized spacial score (nSPS) is 16.0. The van der Waals surface area contributed by atoms with Gasteiger partial charge in [-0.05, 0) is 41.3 Å². The number of halogens is 3. The second kappa shape index (κ2) is 8.21. The lowest BCUT2D eigenvalue weighted by Crippen LogP contribution is -2.27. The first-order chi connectivity index (χ1) is 9.61. The van der Waals surface area contributed by atoms with Crippen molar-refractivity contribution in [2.24, 2.45) is 5.73 Å². The van der Waals surface area contributed by atoms with Gasteiger partial charge in [0.2, 0.25) is 0 Å². The molecule has 2 aromatic heterocycles. The number of hydrogen-bond acceptors (Lipinski definition) is 5. The first-order valence-electron chi connectivity index (χ1n) is 6.28. The maximum atomic E-state index is 12.1. The minimum Gasteiger partial charge on any atom is -0.327 e. The minimum absolute atomic E-state index is 0. The fraction of sp³-hybridized carbons (Fsp3) is 0.308. The Balaban J connectivity index is 0.00000121. The van der Waals surface area contributed by atoms with Crippen molar-refractivity contribution in [3.8, 4) is 0 Å². The lowest BCUT2D eigenvalue weighted by molar-refractivity contribution is 0.102. The number of rotatable bonds is 2. The number of aryl methyl sites for hydroxylation is 1. The van der Waals surface area contributed by atoms with Crippen molar-refractivity contribution in [1.29, 1.82) is 0 Å². The Morgan fingerprint density at radius 3 is 2.91 bits per heavy atom. The van der Waals surface area contributed by atoms with E-state index in [1.165, 1.54) is 22.4 Å². The molecule has 0 saturated carbocycles. The van der Waals surface area contributed by atoms with Crippen LogP contribution in [0.5, 0.6) is 0 Å². The van der Waals surface area contributed by atoms with Gasteiger partial charge in [-0.25, -0.2) is 4.98 Å². The summed E-state index contributed by atoms with van der Waals surface area (Å²) in [6.07, 6.45) is 5.87. The van der Waals surface area contributed by atoms with Crippen molar-refractivity contribution in [1.82, 2.24) is 9.97 Å². The molecule has 0 spiro atoms. The van der Waals surface area contributed by atoms with Crippen LogP contribution in [-0.2, 0) is 12.8 Å². The van der Waals surface area contributed by atoms with Crippen molar-refractivity contribution < 1.29 is 4.79 Å². The summed E-state index contributed by atoms with van der Waals surface area (Å²) in [6.45, 7) is 0. The summed E-state index contributed by atoms with van der Waals surface area (Å²) in [7, 11) is 0. The van der Waals surface area contributed by atoms with E-state index in [-0.39, 0.29) is 36.8 Å². The molecule has 5 nitrogen and oxygen atoms in total. The van der Waals surface area contributed by atoms with E-state index in [0.29, 0.717) is 10.7 Å². The SMILES string of the molecule is Cl.Cl.N[C@H]1CCc2nc(NC(=O)c3cncc(Br)c3)sc2C1. The van der Waals surface area contributed by atoms with Crippen LogP contribution in [0.4, 0.5) is 5.13 Å². The van der Waals surface area contributed by atoms with Crippen molar-refractivity contribution >= 4 is 63.1 Å². The number of nitrogens with one attached hydrogen (secondary N) is 1. The number of hydrogen-bond donors (Lipinski definition) is 2. The van der Waals surface area contributed by atoms with Crippen molar-refractivity contribution in [2.75, 3.05) is 5.32 Å². The van der Waals surface area contributed by atoms with Crippen molar-refractivity contribution in [2.45, 2.75) is 25.3 Å². The molecule has 1 aliphatic carbocycles. The predicted molar refractivity (Wildman–Crippen MR) is 96.5 cm³/mol. The molecule has 0 aliphatic heterocycles. The molecule has 0 bridgehead atoms. The van der Waals surface area contributed by atoms with Crippen molar-refractivity contribution in [3.63, 3.8) is 0 Å². The number of nitrogens with two attached hydrogens (primary N) is 1. The van der Waals surface area contributed by atoms with Crippen LogP contribution < -0.4 is 11.1 Å². The first-order valence-corrected chi connectivity index (χ1v) is 7.89. The molecule has 1 aliphatic rings. The van der Waals surface area contributed by atoms with Crippen LogP contribution in [0.25, 0.3) is 0 Å². The molecule has 0 radical (unpaired) electrons. The Morgan fingerprint density at radius 1 is 1.41 bits per heavy atom. The number of amides is 1. The first kappa shape index (κ1) is 19.3. The van der Waals surface area contributed by atoms with Gasteiger partial charge in [-0.2, -0.15) is 0 Å². The number of aromatic nitrogens is 2. The third-order valence-electron chi connectivity index (χ3n) is 3.17. The summed E-state index contributed by atoms with van der Waals surface area (Å²) in [5.74, 6) is -0.200. The van der Waals surface area contributed by atoms with Crippen LogP contribution in [0.3, 0.4) is 0 Å². The van der Waals surface area contributed by atoms with Crippen LogP contribution in [0.15, 0.2) is 22.9 Å². The quantitative estimate of drug-likeness (QED) is 0.773. The lowest BCUT2D eigenvalue weighted by Gasteiger charge is -2.15. The molecule has 120 valence electrons. The number of pyridine rings is 1. The van der Waals surface area contributed by atoms with Crippen molar-refractivity contribution in [3.05, 3.63) is 39.1 Å². The smallest absolute Gasteiger partial charge is 0.259 e. The molecule has 1 amide bonds. The number of carbonyl (C=O) groups excluding carboxylic acids is 1. The zero-order valence-electron chi connectivity index (χ0n) is 11.4. The van der Waals surface area contributed by atoms with Gasteiger partial charge in [0.25, 0.3) is 5.91 Å². The Kier molecular flexibility index (Phi) is 7.21. The topological polar surface area (TPSA) is 80.9 Å². The number of carbonyl (C=O) groups is 1. The van der Waals surface area contributed by atoms with Gasteiger partial charge in [-0.15, -0.1) is 36.2 Å². The number of thiazole rings is 1. The molecular formula is C13H15BrCl2N4OS. The van der Waals surface area contributed by atoms with Gasteiger partial charge in [0.05, 0.1) is 11.3 Å². The molecular weight excluding hydrogens is 411 g/mol. The molecule has 2 heterocycles. The predicted octanol–water partition coefficient (Wildman–Crippen LogP) is 3.21. The number of nitrogens with zero attached hydrogens (tertiary/aromatic N) is 2. The van der Waals surface area contributed by atoms with Crippen LogP contribution >= 0.6 is 52.1 Å². The van der Waals surface area contributed by atoms with Crippen LogP contribution in [-0.4, -0.2) is 21.9 Å². The van der Waals surface area contributed by atoms with Gasteiger partial charge in [-0.1, -0.05) is 0 Å². The molecule has 3 rings (SSSR count). The molecule has 0 aromatic carbocycles. The summed E-state index contributed by atoms with van der Waals surface area (Å²) in [6, 6.07) is 1.94. The summed E-state index contributed by atoms with van der Waals surface area (Å²) in [5.41, 5.74) is 7.52. The third kappa shape index (κ3) is 4.39. The largest absolute Gasteiger partial charge is 0.327 e. The second-order valence-electron chi connectivity index (χ2n) is 4.74. The zero-order chi connectivity index (χ0) is 14.1. The van der Waals surface area contributed by atoms with E-state index in [0.717, 1.165) is 29.4 Å². The van der Waals surface area contributed by atoms with Gasteiger partial charge in [0, 0.05) is 27.8 Å². The highest BCUT2D eigenvalue weighted by molar-refractivity contribution is 9.10. The lowest BCUT2D eigenvalue weighted by atomic mass is 9.99. The van der Waals surface area contributed by atoms with Gasteiger partial charge in [0.1, 0.15) is 0 Å². The highest BCUT2D eigenvalue weighted by Crippen LogP contribution is 2.29. The second-order valence-corrected chi connectivity index (χ2v) is 6.74. The Bertz CT molecular complexity index is 667. The molecule has 22 heavy (non-hydrogen) atoms. The van der Waals surface area contributed by atoms with E-state index >= 15 is 0 Å². The highest BCUT2D eigenvalue weighted by atomic mass is 79.9. The van der Waals surface area contributed by atoms with Crippen LogP contribution in [0.1, 0.15) is 27.3 Å². The van der Waals surface area contributed by atoms with E-state index in [4.69, 9.17) is 5.73 Å². The average molecular weight is 426 g/mol. The Labute approximate surface area is 153 Å². The highest BCUT2D eigenvalue weighted by Gasteiger charge is 2.21. The summed E-state index contributed by atoms with van der Waals surface area (Å²) in [4.78, 5) is 21.8.